The van der Waals surface area contributed by atoms with Crippen LogP contribution >= 0.6 is 23.4 Å². The fraction of sp³-hybridized carbons (Fsp3) is 0.231. The van der Waals surface area contributed by atoms with Crippen LogP contribution in [0.4, 0.5) is 5.82 Å². The first kappa shape index (κ1) is 14.7. The second kappa shape index (κ2) is 6.19. The molecule has 2 N–H and O–H groups in total. The van der Waals surface area contributed by atoms with Gasteiger partial charge in [-0.25, -0.2) is 9.48 Å². The van der Waals surface area contributed by atoms with Gasteiger partial charge >= 0.3 is 5.97 Å². The van der Waals surface area contributed by atoms with Crippen LogP contribution in [-0.2, 0) is 4.74 Å². The maximum absolute atomic E-state index is 12.0. The lowest BCUT2D eigenvalue weighted by Gasteiger charge is -2.05. The molecule has 7 heteroatoms. The lowest BCUT2D eigenvalue weighted by atomic mass is 10.3. The minimum atomic E-state index is -0.470. The number of esters is 1. The maximum atomic E-state index is 12.0. The lowest BCUT2D eigenvalue weighted by molar-refractivity contribution is 0.0523. The summed E-state index contributed by atoms with van der Waals surface area (Å²) in [5, 5.41) is 5.44. The number of anilines is 1. The second-order valence-electron chi connectivity index (χ2n) is 3.88. The molecule has 0 saturated carbocycles. The summed E-state index contributed by atoms with van der Waals surface area (Å²) < 4.78 is 6.50. The Morgan fingerprint density at radius 3 is 2.90 bits per heavy atom. The van der Waals surface area contributed by atoms with Gasteiger partial charge in [0.15, 0.2) is 0 Å². The Hall–Kier alpha value is -1.66. The molecule has 0 spiro atoms. The van der Waals surface area contributed by atoms with Crippen LogP contribution in [-0.4, -0.2) is 28.6 Å². The number of carbonyl (C=O) groups excluding carboxylic acids is 1. The van der Waals surface area contributed by atoms with Crippen molar-refractivity contribution in [2.45, 2.75) is 11.9 Å². The Morgan fingerprint density at radius 2 is 2.30 bits per heavy atom. The summed E-state index contributed by atoms with van der Waals surface area (Å²) in [7, 11) is 0. The number of nitrogens with two attached hydrogens (primary N) is 1. The summed E-state index contributed by atoms with van der Waals surface area (Å²) in [5.74, 6) is -0.224. The number of thioether (sulfide) groups is 1. The number of aromatic nitrogens is 2. The molecule has 1 aromatic heterocycles. The van der Waals surface area contributed by atoms with E-state index in [2.05, 4.69) is 5.10 Å². The Bertz CT molecular complexity index is 643. The van der Waals surface area contributed by atoms with Crippen LogP contribution in [0.25, 0.3) is 5.69 Å². The molecule has 0 aliphatic rings. The highest BCUT2D eigenvalue weighted by molar-refractivity contribution is 7.98. The van der Waals surface area contributed by atoms with Crippen LogP contribution in [0.2, 0.25) is 5.02 Å². The Kier molecular flexibility index (Phi) is 4.57. The van der Waals surface area contributed by atoms with E-state index in [-0.39, 0.29) is 12.4 Å². The van der Waals surface area contributed by atoms with Gasteiger partial charge in [-0.2, -0.15) is 5.10 Å². The van der Waals surface area contributed by atoms with E-state index in [0.29, 0.717) is 21.3 Å². The first-order chi connectivity index (χ1) is 9.58. The summed E-state index contributed by atoms with van der Waals surface area (Å²) in [6.07, 6.45) is 1.83. The topological polar surface area (TPSA) is 70.1 Å². The van der Waals surface area contributed by atoms with Gasteiger partial charge in [-0.15, -0.1) is 11.8 Å². The Morgan fingerprint density at radius 1 is 1.55 bits per heavy atom. The number of rotatable bonds is 4. The lowest BCUT2D eigenvalue weighted by Crippen LogP contribution is -2.09. The minimum Gasteiger partial charge on any atom is -0.462 e. The number of benzene rings is 1. The normalized spacial score (nSPS) is 10.6. The molecule has 0 unspecified atom stereocenters. The van der Waals surface area contributed by atoms with E-state index >= 15 is 0 Å². The van der Waals surface area contributed by atoms with Crippen molar-refractivity contribution in [3.8, 4) is 5.69 Å². The number of carbonyl (C=O) groups is 1. The van der Waals surface area contributed by atoms with Crippen molar-refractivity contribution in [2.24, 2.45) is 0 Å². The van der Waals surface area contributed by atoms with Gasteiger partial charge in [0.25, 0.3) is 0 Å². The third-order valence-electron chi connectivity index (χ3n) is 2.61. The first-order valence-electron chi connectivity index (χ1n) is 5.94. The number of ether oxygens (including phenoxy) is 1. The zero-order valence-corrected chi connectivity index (χ0v) is 12.7. The van der Waals surface area contributed by atoms with Gasteiger partial charge in [0.05, 0.1) is 12.3 Å². The van der Waals surface area contributed by atoms with Crippen molar-refractivity contribution in [3.63, 3.8) is 0 Å². The van der Waals surface area contributed by atoms with Crippen molar-refractivity contribution in [1.29, 1.82) is 0 Å². The monoisotopic (exact) mass is 311 g/mol. The molecule has 2 rings (SSSR count). The molecule has 0 fully saturated rings. The summed E-state index contributed by atoms with van der Waals surface area (Å²) in [6, 6.07) is 7.09. The van der Waals surface area contributed by atoms with E-state index in [1.54, 1.807) is 25.1 Å². The van der Waals surface area contributed by atoms with Crippen molar-refractivity contribution >= 4 is 35.1 Å². The zero-order valence-electron chi connectivity index (χ0n) is 11.1. The fourth-order valence-corrected chi connectivity index (χ4v) is 2.49. The molecule has 20 heavy (non-hydrogen) atoms. The van der Waals surface area contributed by atoms with Gasteiger partial charge in [-0.1, -0.05) is 17.7 Å². The molecule has 0 bridgehead atoms. The van der Waals surface area contributed by atoms with Gasteiger partial charge in [0.2, 0.25) is 0 Å². The summed E-state index contributed by atoms with van der Waals surface area (Å²) in [4.78, 5) is 12.0. The predicted molar refractivity (Wildman–Crippen MR) is 80.7 cm³/mol. The van der Waals surface area contributed by atoms with Crippen LogP contribution in [0.5, 0.6) is 0 Å². The van der Waals surface area contributed by atoms with E-state index in [1.807, 2.05) is 12.3 Å². The van der Waals surface area contributed by atoms with Gasteiger partial charge in [-0.05, 0) is 31.4 Å². The van der Waals surface area contributed by atoms with Gasteiger partial charge in [0.1, 0.15) is 16.4 Å². The summed E-state index contributed by atoms with van der Waals surface area (Å²) >= 11 is 7.30. The maximum Gasteiger partial charge on any atom is 0.344 e. The molecule has 0 radical (unpaired) electrons. The summed E-state index contributed by atoms with van der Waals surface area (Å²) in [6.45, 7) is 2.03. The largest absolute Gasteiger partial charge is 0.462 e. The van der Waals surface area contributed by atoms with Crippen LogP contribution in [0, 0.1) is 0 Å². The third-order valence-corrected chi connectivity index (χ3v) is 3.52. The zero-order chi connectivity index (χ0) is 14.7. The highest BCUT2D eigenvalue weighted by atomic mass is 35.5. The number of hydrogen-bond acceptors (Lipinski definition) is 5. The predicted octanol–water partition coefficient (Wildman–Crippen LogP) is 3.01. The molecular weight excluding hydrogens is 298 g/mol. The molecular formula is C13H14ClN3O2S. The van der Waals surface area contributed by atoms with E-state index in [4.69, 9.17) is 22.1 Å². The van der Waals surface area contributed by atoms with E-state index in [1.165, 1.54) is 16.4 Å². The highest BCUT2D eigenvalue weighted by Gasteiger charge is 2.23. The molecule has 1 heterocycles. The quantitative estimate of drug-likeness (QED) is 0.694. The van der Waals surface area contributed by atoms with Crippen LogP contribution < -0.4 is 5.73 Å². The standard InChI is InChI=1S/C13H14ClN3O2S/c1-3-19-13(18)10-11(15)17(16-12(10)20-2)9-6-4-5-8(14)7-9/h4-7H,3,15H2,1-2H3. The van der Waals surface area contributed by atoms with Crippen LogP contribution in [0.3, 0.4) is 0 Å². The van der Waals surface area contributed by atoms with E-state index in [9.17, 15) is 4.79 Å². The number of nitrogens with zero attached hydrogens (tertiary/aromatic N) is 2. The minimum absolute atomic E-state index is 0.245. The molecule has 0 aliphatic carbocycles. The fourth-order valence-electron chi connectivity index (χ4n) is 1.75. The first-order valence-corrected chi connectivity index (χ1v) is 7.54. The van der Waals surface area contributed by atoms with Crippen molar-refractivity contribution in [3.05, 3.63) is 34.9 Å². The average Bonchev–Trinajstić information content (AvgIpc) is 2.76. The van der Waals surface area contributed by atoms with Gasteiger partial charge in [0, 0.05) is 5.02 Å². The van der Waals surface area contributed by atoms with Crippen molar-refractivity contribution in [2.75, 3.05) is 18.6 Å². The molecule has 0 amide bonds. The molecule has 0 aliphatic heterocycles. The molecule has 5 nitrogen and oxygen atoms in total. The van der Waals surface area contributed by atoms with E-state index in [0.717, 1.165) is 0 Å². The Balaban J connectivity index is 2.54. The number of halogens is 1. The SMILES string of the molecule is CCOC(=O)c1c(SC)nn(-c2cccc(Cl)c2)c1N. The molecule has 0 atom stereocenters. The smallest absolute Gasteiger partial charge is 0.344 e. The molecule has 0 saturated heterocycles. The molecule has 106 valence electrons. The van der Waals surface area contributed by atoms with Crippen molar-refractivity contribution < 1.29 is 9.53 Å². The van der Waals surface area contributed by atoms with E-state index < -0.39 is 5.97 Å². The second-order valence-corrected chi connectivity index (χ2v) is 5.11. The average molecular weight is 312 g/mol. The van der Waals surface area contributed by atoms with Crippen LogP contribution in [0.15, 0.2) is 29.3 Å². The Labute approximate surface area is 126 Å². The van der Waals surface area contributed by atoms with Crippen LogP contribution in [0.1, 0.15) is 17.3 Å². The highest BCUT2D eigenvalue weighted by Crippen LogP contribution is 2.28. The molecule has 2 aromatic rings. The van der Waals surface area contributed by atoms with Crippen molar-refractivity contribution in [1.82, 2.24) is 9.78 Å². The molecule has 1 aromatic carbocycles. The number of hydrogen-bond donors (Lipinski definition) is 1. The summed E-state index contributed by atoms with van der Waals surface area (Å²) in [5.41, 5.74) is 7.02. The third kappa shape index (κ3) is 2.76. The van der Waals surface area contributed by atoms with Gasteiger partial charge in [-0.3, -0.25) is 0 Å². The van der Waals surface area contributed by atoms with Gasteiger partial charge < -0.3 is 10.5 Å². The number of nitrogen functional groups attached to an aromatic ring is 1.